The summed E-state index contributed by atoms with van der Waals surface area (Å²) in [5.74, 6) is 0.656. The van der Waals surface area contributed by atoms with Gasteiger partial charge in [-0.3, -0.25) is 9.11 Å². The molecule has 11 heteroatoms. The topological polar surface area (TPSA) is 127 Å². The third kappa shape index (κ3) is 11.6. The molecule has 1 aromatic carbocycles. The van der Waals surface area contributed by atoms with Gasteiger partial charge in [0.05, 0.1) is 21.7 Å². The van der Waals surface area contributed by atoms with Gasteiger partial charge in [0.15, 0.2) is 5.16 Å². The normalized spacial score (nSPS) is 12.5. The van der Waals surface area contributed by atoms with E-state index in [2.05, 4.69) is 11.9 Å². The second kappa shape index (κ2) is 15.2. The highest BCUT2D eigenvalue weighted by Gasteiger charge is 2.16. The molecule has 0 radical (unpaired) electrons. The first-order valence-corrected chi connectivity index (χ1v) is 16.7. The minimum atomic E-state index is -4.31. The fourth-order valence-electron chi connectivity index (χ4n) is 4.06. The lowest BCUT2D eigenvalue weighted by molar-refractivity contribution is 0.477. The van der Waals surface area contributed by atoms with Crippen molar-refractivity contribution in [2.75, 3.05) is 11.5 Å². The van der Waals surface area contributed by atoms with Gasteiger partial charge in [0.1, 0.15) is 0 Å². The smallest absolute Gasteiger partial charge is 0.294 e. The number of aromatic nitrogens is 2. The molecule has 1 aromatic heterocycles. The summed E-state index contributed by atoms with van der Waals surface area (Å²) in [6.45, 7) is 2.84. The van der Waals surface area contributed by atoms with Gasteiger partial charge in [0, 0.05) is 12.3 Å². The van der Waals surface area contributed by atoms with Crippen LogP contribution in [-0.2, 0) is 26.8 Å². The standard InChI is InChI=1S/C24H40N2O6S3/c1-2-3-4-5-6-7-8-9-10-13-18-33-24-25-22-20-21(35(30,31)32)15-16-23(22)26(24)17-12-11-14-19-34(27,28)29/h15-16,20H,2-14,17-19H2,1H3,(H,27,28,29)(H,30,31,32). The van der Waals surface area contributed by atoms with Gasteiger partial charge < -0.3 is 4.57 Å². The molecule has 8 nitrogen and oxygen atoms in total. The minimum Gasteiger partial charge on any atom is -0.319 e. The van der Waals surface area contributed by atoms with Crippen LogP contribution in [0.25, 0.3) is 11.0 Å². The van der Waals surface area contributed by atoms with Crippen LogP contribution in [-0.4, -0.2) is 47.0 Å². The summed E-state index contributed by atoms with van der Waals surface area (Å²) in [6.07, 6.45) is 14.4. The number of hydrogen-bond acceptors (Lipinski definition) is 6. The van der Waals surface area contributed by atoms with Gasteiger partial charge in [0.25, 0.3) is 20.2 Å². The number of aryl methyl sites for hydroxylation is 1. The van der Waals surface area contributed by atoms with Crippen molar-refractivity contribution < 1.29 is 25.9 Å². The van der Waals surface area contributed by atoms with Crippen molar-refractivity contribution in [1.82, 2.24) is 9.55 Å². The van der Waals surface area contributed by atoms with Crippen LogP contribution in [0, 0.1) is 0 Å². The molecule has 0 saturated carbocycles. The quantitative estimate of drug-likeness (QED) is 0.118. The number of rotatable bonds is 19. The Morgan fingerprint density at radius 2 is 1.43 bits per heavy atom. The van der Waals surface area contributed by atoms with Crippen molar-refractivity contribution in [1.29, 1.82) is 0 Å². The zero-order valence-electron chi connectivity index (χ0n) is 20.7. The molecule has 2 rings (SSSR count). The average Bonchev–Trinajstić information content (AvgIpc) is 3.12. The second-order valence-electron chi connectivity index (χ2n) is 9.05. The fourth-order valence-corrected chi connectivity index (χ4v) is 6.17. The van der Waals surface area contributed by atoms with E-state index in [1.54, 1.807) is 17.8 Å². The molecule has 0 unspecified atom stereocenters. The fraction of sp³-hybridized carbons (Fsp3) is 0.708. The van der Waals surface area contributed by atoms with Crippen LogP contribution in [0.2, 0.25) is 0 Å². The summed E-state index contributed by atoms with van der Waals surface area (Å²) in [6, 6.07) is 4.39. The number of thioether (sulfide) groups is 1. The largest absolute Gasteiger partial charge is 0.319 e. The highest BCUT2D eigenvalue weighted by atomic mass is 32.2. The maximum absolute atomic E-state index is 11.5. The highest BCUT2D eigenvalue weighted by molar-refractivity contribution is 7.99. The van der Waals surface area contributed by atoms with E-state index in [4.69, 9.17) is 4.55 Å². The molecule has 0 spiro atoms. The maximum Gasteiger partial charge on any atom is 0.294 e. The van der Waals surface area contributed by atoms with Crippen LogP contribution in [0.15, 0.2) is 28.3 Å². The number of hydrogen-bond donors (Lipinski definition) is 2. The second-order valence-corrected chi connectivity index (χ2v) is 13.1. The first kappa shape index (κ1) is 30.1. The Labute approximate surface area is 214 Å². The number of imidazole rings is 1. The van der Waals surface area contributed by atoms with E-state index >= 15 is 0 Å². The van der Waals surface area contributed by atoms with E-state index in [9.17, 15) is 21.4 Å². The van der Waals surface area contributed by atoms with Gasteiger partial charge in [-0.05, 0) is 37.5 Å². The molecule has 2 N–H and O–H groups in total. The Balaban J connectivity index is 1.90. The van der Waals surface area contributed by atoms with Crippen LogP contribution < -0.4 is 0 Å². The van der Waals surface area contributed by atoms with E-state index in [0.717, 1.165) is 22.8 Å². The van der Waals surface area contributed by atoms with Gasteiger partial charge in [-0.2, -0.15) is 16.8 Å². The summed E-state index contributed by atoms with van der Waals surface area (Å²) in [4.78, 5) is 4.44. The van der Waals surface area contributed by atoms with Crippen molar-refractivity contribution in [2.45, 2.75) is 107 Å². The molecule has 200 valence electrons. The summed E-state index contributed by atoms with van der Waals surface area (Å²) < 4.78 is 65.2. The zero-order chi connectivity index (χ0) is 25.7. The molecule has 35 heavy (non-hydrogen) atoms. The first-order valence-electron chi connectivity index (χ1n) is 12.7. The Bertz CT molecular complexity index is 1110. The molecule has 0 bridgehead atoms. The Morgan fingerprint density at radius 1 is 0.829 bits per heavy atom. The molecule has 0 aliphatic rings. The van der Waals surface area contributed by atoms with Crippen LogP contribution in [0.5, 0.6) is 0 Å². The van der Waals surface area contributed by atoms with Gasteiger partial charge in [-0.15, -0.1) is 0 Å². The van der Waals surface area contributed by atoms with Crippen molar-refractivity contribution in [3.05, 3.63) is 18.2 Å². The Morgan fingerprint density at radius 3 is 2.03 bits per heavy atom. The monoisotopic (exact) mass is 548 g/mol. The number of nitrogens with zero attached hydrogens (tertiary/aromatic N) is 2. The SMILES string of the molecule is CCCCCCCCCCCCSc1nc2cc(S(=O)(=O)O)ccc2n1CCCCCS(=O)(=O)O. The molecule has 0 aliphatic carbocycles. The molecule has 0 aliphatic heterocycles. The molecule has 0 fully saturated rings. The maximum atomic E-state index is 11.5. The third-order valence-electron chi connectivity index (χ3n) is 6.00. The summed E-state index contributed by atoms with van der Waals surface area (Å²) >= 11 is 1.64. The molecule has 1 heterocycles. The predicted octanol–water partition coefficient (Wildman–Crippen LogP) is 6.35. The lowest BCUT2D eigenvalue weighted by Gasteiger charge is -2.09. The van der Waals surface area contributed by atoms with Crippen molar-refractivity contribution >= 4 is 43.0 Å². The predicted molar refractivity (Wildman–Crippen MR) is 142 cm³/mol. The molecule has 0 atom stereocenters. The van der Waals surface area contributed by atoms with Crippen molar-refractivity contribution in [2.24, 2.45) is 0 Å². The summed E-state index contributed by atoms with van der Waals surface area (Å²) in [5, 5.41) is 0.790. The summed E-state index contributed by atoms with van der Waals surface area (Å²) in [5.41, 5.74) is 1.28. The van der Waals surface area contributed by atoms with E-state index in [1.807, 2.05) is 4.57 Å². The van der Waals surface area contributed by atoms with E-state index in [-0.39, 0.29) is 10.6 Å². The third-order valence-corrected chi connectivity index (χ3v) is 8.71. The van der Waals surface area contributed by atoms with Crippen LogP contribution in [0.1, 0.15) is 90.4 Å². The van der Waals surface area contributed by atoms with Gasteiger partial charge in [-0.25, -0.2) is 4.98 Å². The Hall–Kier alpha value is -1.14. The Kier molecular flexibility index (Phi) is 13.1. The number of unbranched alkanes of at least 4 members (excludes halogenated alkanes) is 11. The number of benzene rings is 1. The van der Waals surface area contributed by atoms with Crippen molar-refractivity contribution in [3.8, 4) is 0 Å². The van der Waals surface area contributed by atoms with Gasteiger partial charge in [-0.1, -0.05) is 82.9 Å². The molecule has 0 amide bonds. The molecule has 2 aromatic rings. The lowest BCUT2D eigenvalue weighted by atomic mass is 10.1. The molecule has 0 saturated heterocycles. The minimum absolute atomic E-state index is 0.186. The van der Waals surface area contributed by atoms with Crippen LogP contribution in [0.4, 0.5) is 0 Å². The average molecular weight is 549 g/mol. The first-order chi connectivity index (χ1) is 16.6. The van der Waals surface area contributed by atoms with Crippen molar-refractivity contribution in [3.63, 3.8) is 0 Å². The molecular weight excluding hydrogens is 508 g/mol. The van der Waals surface area contributed by atoms with Gasteiger partial charge in [0.2, 0.25) is 0 Å². The summed E-state index contributed by atoms with van der Waals surface area (Å²) in [7, 11) is -8.26. The zero-order valence-corrected chi connectivity index (χ0v) is 23.1. The number of fused-ring (bicyclic) bond motifs is 1. The molecular formula is C24H40N2O6S3. The van der Waals surface area contributed by atoms with Crippen LogP contribution in [0.3, 0.4) is 0 Å². The van der Waals surface area contributed by atoms with E-state index < -0.39 is 20.2 Å². The highest BCUT2D eigenvalue weighted by Crippen LogP contribution is 2.28. The van der Waals surface area contributed by atoms with Crippen LogP contribution >= 0.6 is 11.8 Å². The van der Waals surface area contributed by atoms with E-state index in [0.29, 0.717) is 31.3 Å². The van der Waals surface area contributed by atoms with E-state index in [1.165, 1.54) is 69.9 Å². The van der Waals surface area contributed by atoms with Gasteiger partial charge >= 0.3 is 0 Å². The lowest BCUT2D eigenvalue weighted by Crippen LogP contribution is -2.05.